The van der Waals surface area contributed by atoms with Gasteiger partial charge in [0.2, 0.25) is 0 Å². The number of carboxylic acids is 1. The number of fused-ring (bicyclic) bond motifs is 1. The summed E-state index contributed by atoms with van der Waals surface area (Å²) < 4.78 is 5.62. The predicted molar refractivity (Wildman–Crippen MR) is 96.8 cm³/mol. The zero-order valence-corrected chi connectivity index (χ0v) is 14.0. The molecular formula is C21H20O4. The van der Waals surface area contributed by atoms with Gasteiger partial charge in [-0.3, -0.25) is 0 Å². The van der Waals surface area contributed by atoms with Crippen molar-refractivity contribution in [2.45, 2.75) is 18.9 Å². The maximum absolute atomic E-state index is 11.8. The fourth-order valence-electron chi connectivity index (χ4n) is 2.89. The molecule has 128 valence electrons. The van der Waals surface area contributed by atoms with Gasteiger partial charge < -0.3 is 14.9 Å². The number of aryl methyl sites for hydroxylation is 1. The minimum atomic E-state index is -2.01. The van der Waals surface area contributed by atoms with E-state index in [4.69, 9.17) is 4.74 Å². The Bertz CT molecular complexity index is 881. The SMILES string of the molecule is Cc1ccc(OCCC(O)(C(=O)O)c2cccc3ccccc23)cc1. The summed E-state index contributed by atoms with van der Waals surface area (Å²) >= 11 is 0. The summed E-state index contributed by atoms with van der Waals surface area (Å²) in [5.74, 6) is -0.632. The van der Waals surface area contributed by atoms with Crippen molar-refractivity contribution in [3.05, 3.63) is 77.9 Å². The first kappa shape index (κ1) is 17.0. The van der Waals surface area contributed by atoms with Gasteiger partial charge in [0, 0.05) is 12.0 Å². The van der Waals surface area contributed by atoms with Gasteiger partial charge >= 0.3 is 5.97 Å². The number of benzene rings is 3. The second-order valence-electron chi connectivity index (χ2n) is 6.10. The van der Waals surface area contributed by atoms with Crippen LogP contribution in [0.25, 0.3) is 10.8 Å². The van der Waals surface area contributed by atoms with Crippen molar-refractivity contribution >= 4 is 16.7 Å². The topological polar surface area (TPSA) is 66.8 Å². The number of aliphatic carboxylic acids is 1. The molecular weight excluding hydrogens is 316 g/mol. The lowest BCUT2D eigenvalue weighted by atomic mass is 9.87. The monoisotopic (exact) mass is 336 g/mol. The molecule has 1 unspecified atom stereocenters. The Morgan fingerprint density at radius 3 is 2.40 bits per heavy atom. The van der Waals surface area contributed by atoms with E-state index >= 15 is 0 Å². The molecule has 3 aromatic rings. The van der Waals surface area contributed by atoms with Crippen LogP contribution >= 0.6 is 0 Å². The summed E-state index contributed by atoms with van der Waals surface area (Å²) in [6.45, 7) is 2.07. The van der Waals surface area contributed by atoms with Gasteiger partial charge in [0.1, 0.15) is 5.75 Å². The Hall–Kier alpha value is -2.85. The molecule has 0 amide bonds. The molecule has 25 heavy (non-hydrogen) atoms. The second-order valence-corrected chi connectivity index (χ2v) is 6.10. The highest BCUT2D eigenvalue weighted by Gasteiger charge is 2.39. The van der Waals surface area contributed by atoms with Crippen LogP contribution in [0.5, 0.6) is 5.75 Å². The van der Waals surface area contributed by atoms with Crippen LogP contribution in [0.4, 0.5) is 0 Å². The first-order chi connectivity index (χ1) is 12.0. The third-order valence-electron chi connectivity index (χ3n) is 4.34. The summed E-state index contributed by atoms with van der Waals surface area (Å²) in [6, 6.07) is 20.2. The Morgan fingerprint density at radius 1 is 1.00 bits per heavy atom. The molecule has 0 aliphatic heterocycles. The minimum Gasteiger partial charge on any atom is -0.493 e. The zero-order chi connectivity index (χ0) is 17.9. The van der Waals surface area contributed by atoms with E-state index in [9.17, 15) is 15.0 Å². The van der Waals surface area contributed by atoms with E-state index in [-0.39, 0.29) is 13.0 Å². The van der Waals surface area contributed by atoms with E-state index in [0.717, 1.165) is 16.3 Å². The highest BCUT2D eigenvalue weighted by atomic mass is 16.5. The molecule has 0 radical (unpaired) electrons. The molecule has 0 bridgehead atoms. The molecule has 3 rings (SSSR count). The lowest BCUT2D eigenvalue weighted by molar-refractivity contribution is -0.161. The van der Waals surface area contributed by atoms with Crippen molar-refractivity contribution in [1.82, 2.24) is 0 Å². The molecule has 0 spiro atoms. The van der Waals surface area contributed by atoms with Gasteiger partial charge in [-0.15, -0.1) is 0 Å². The molecule has 0 saturated heterocycles. The normalized spacial score (nSPS) is 13.4. The maximum Gasteiger partial charge on any atom is 0.340 e. The first-order valence-corrected chi connectivity index (χ1v) is 8.14. The summed E-state index contributed by atoms with van der Waals surface area (Å²) in [6.07, 6.45) is -0.0514. The molecule has 0 fully saturated rings. The van der Waals surface area contributed by atoms with Gasteiger partial charge in [0.25, 0.3) is 0 Å². The van der Waals surface area contributed by atoms with E-state index in [2.05, 4.69) is 0 Å². The summed E-state index contributed by atoms with van der Waals surface area (Å²) in [7, 11) is 0. The Balaban J connectivity index is 1.85. The molecule has 1 atom stereocenters. The highest BCUT2D eigenvalue weighted by Crippen LogP contribution is 2.32. The van der Waals surface area contributed by atoms with Gasteiger partial charge in [-0.05, 0) is 29.8 Å². The number of hydrogen-bond donors (Lipinski definition) is 2. The van der Waals surface area contributed by atoms with E-state index < -0.39 is 11.6 Å². The summed E-state index contributed by atoms with van der Waals surface area (Å²) in [5.41, 5.74) is -0.512. The number of hydrogen-bond acceptors (Lipinski definition) is 3. The molecule has 4 heteroatoms. The van der Waals surface area contributed by atoms with Gasteiger partial charge in [-0.2, -0.15) is 0 Å². The van der Waals surface area contributed by atoms with Crippen molar-refractivity contribution < 1.29 is 19.7 Å². The molecule has 0 heterocycles. The molecule has 0 aliphatic rings. The lowest BCUT2D eigenvalue weighted by Gasteiger charge is -2.25. The van der Waals surface area contributed by atoms with Crippen LogP contribution in [0, 0.1) is 6.92 Å². The van der Waals surface area contributed by atoms with Crippen LogP contribution in [0.3, 0.4) is 0 Å². The average Bonchev–Trinajstić information content (AvgIpc) is 2.62. The second kappa shape index (κ2) is 6.95. The van der Waals surface area contributed by atoms with Crippen molar-refractivity contribution in [3.8, 4) is 5.75 Å². The minimum absolute atomic E-state index is 0.0514. The van der Waals surface area contributed by atoms with Crippen LogP contribution in [0.1, 0.15) is 17.5 Å². The fraction of sp³-hybridized carbons (Fsp3) is 0.190. The smallest absolute Gasteiger partial charge is 0.340 e. The van der Waals surface area contributed by atoms with Crippen molar-refractivity contribution in [3.63, 3.8) is 0 Å². The molecule has 0 aliphatic carbocycles. The van der Waals surface area contributed by atoms with Gasteiger partial charge in [-0.1, -0.05) is 60.2 Å². The van der Waals surface area contributed by atoms with E-state index in [1.165, 1.54) is 0 Å². The Kier molecular flexibility index (Phi) is 4.72. The predicted octanol–water partition coefficient (Wildman–Crippen LogP) is 3.89. The quantitative estimate of drug-likeness (QED) is 0.717. The molecule has 4 nitrogen and oxygen atoms in total. The molecule has 0 saturated carbocycles. The van der Waals surface area contributed by atoms with Crippen LogP contribution in [0.15, 0.2) is 66.7 Å². The number of carbonyl (C=O) groups is 1. The third kappa shape index (κ3) is 3.49. The standard InChI is InChI=1S/C21H20O4/c1-15-9-11-17(12-10-15)25-14-13-21(24,20(22)23)19-8-4-6-16-5-2-3-7-18(16)19/h2-12,24H,13-14H2,1H3,(H,22,23). The largest absolute Gasteiger partial charge is 0.493 e. The summed E-state index contributed by atoms with van der Waals surface area (Å²) in [5, 5.41) is 22.2. The van der Waals surface area contributed by atoms with Crippen LogP contribution in [-0.2, 0) is 10.4 Å². The lowest BCUT2D eigenvalue weighted by Crippen LogP contribution is -2.37. The molecule has 3 aromatic carbocycles. The van der Waals surface area contributed by atoms with Gasteiger partial charge in [0.15, 0.2) is 5.60 Å². The fourth-order valence-corrected chi connectivity index (χ4v) is 2.89. The highest BCUT2D eigenvalue weighted by molar-refractivity contribution is 5.92. The Morgan fingerprint density at radius 2 is 1.68 bits per heavy atom. The van der Waals surface area contributed by atoms with E-state index in [1.807, 2.05) is 61.5 Å². The van der Waals surface area contributed by atoms with Crippen molar-refractivity contribution in [1.29, 1.82) is 0 Å². The first-order valence-electron chi connectivity index (χ1n) is 8.14. The third-order valence-corrected chi connectivity index (χ3v) is 4.34. The molecule has 0 aromatic heterocycles. The zero-order valence-electron chi connectivity index (χ0n) is 14.0. The van der Waals surface area contributed by atoms with Gasteiger partial charge in [-0.25, -0.2) is 4.79 Å². The number of carboxylic acid groups (broad SMARTS) is 1. The van der Waals surface area contributed by atoms with Crippen LogP contribution < -0.4 is 4.74 Å². The van der Waals surface area contributed by atoms with Crippen LogP contribution in [-0.4, -0.2) is 22.8 Å². The van der Waals surface area contributed by atoms with E-state index in [0.29, 0.717) is 11.3 Å². The summed E-state index contributed by atoms with van der Waals surface area (Å²) in [4.78, 5) is 11.8. The number of rotatable bonds is 6. The van der Waals surface area contributed by atoms with Crippen molar-refractivity contribution in [2.75, 3.05) is 6.61 Å². The molecule has 2 N–H and O–H groups in total. The average molecular weight is 336 g/mol. The van der Waals surface area contributed by atoms with E-state index in [1.54, 1.807) is 12.1 Å². The van der Waals surface area contributed by atoms with Crippen molar-refractivity contribution in [2.24, 2.45) is 0 Å². The number of aliphatic hydroxyl groups is 1. The maximum atomic E-state index is 11.8. The Labute approximate surface area is 146 Å². The number of ether oxygens (including phenoxy) is 1. The van der Waals surface area contributed by atoms with Gasteiger partial charge in [0.05, 0.1) is 6.61 Å². The van der Waals surface area contributed by atoms with Crippen LogP contribution in [0.2, 0.25) is 0 Å².